The Balaban J connectivity index is 1.90. The Bertz CT molecular complexity index is 693. The average Bonchev–Trinajstić information content (AvgIpc) is 3.06. The predicted molar refractivity (Wildman–Crippen MR) is 76.3 cm³/mol. The predicted octanol–water partition coefficient (Wildman–Crippen LogP) is 2.56. The summed E-state index contributed by atoms with van der Waals surface area (Å²) in [4.78, 5) is 26.0. The Kier molecular flexibility index (Phi) is 3.05. The molecule has 2 heterocycles. The summed E-state index contributed by atoms with van der Waals surface area (Å²) in [5.74, 6) is 0.138. The van der Waals surface area contributed by atoms with Crippen molar-refractivity contribution in [1.29, 1.82) is 0 Å². The molecule has 5 heteroatoms. The molecule has 3 rings (SSSR count). The van der Waals surface area contributed by atoms with Crippen molar-refractivity contribution in [2.45, 2.75) is 25.9 Å². The lowest BCUT2D eigenvalue weighted by molar-refractivity contribution is -0.132. The molecule has 1 aromatic carbocycles. The zero-order valence-corrected chi connectivity index (χ0v) is 11.9. The molecule has 1 fully saturated rings. The number of nitrogens with one attached hydrogen (secondary N) is 1. The zero-order chi connectivity index (χ0) is 15.0. The van der Waals surface area contributed by atoms with Crippen LogP contribution in [0.1, 0.15) is 23.8 Å². The Labute approximate surface area is 122 Å². The molecule has 0 radical (unpaired) electrons. The Morgan fingerprint density at radius 3 is 2.62 bits per heavy atom. The molecule has 0 bridgehead atoms. The fraction of sp³-hybridized carbons (Fsp3) is 0.250. The molecule has 0 aliphatic carbocycles. The van der Waals surface area contributed by atoms with Crippen LogP contribution >= 0.6 is 0 Å². The van der Waals surface area contributed by atoms with Crippen molar-refractivity contribution in [2.24, 2.45) is 0 Å². The van der Waals surface area contributed by atoms with Gasteiger partial charge < -0.3 is 9.73 Å². The second kappa shape index (κ2) is 4.77. The van der Waals surface area contributed by atoms with Crippen LogP contribution in [0.15, 0.2) is 47.1 Å². The van der Waals surface area contributed by atoms with Crippen LogP contribution in [0.5, 0.6) is 0 Å². The first kappa shape index (κ1) is 13.4. The molecule has 2 aromatic rings. The first-order chi connectivity index (χ1) is 10.0. The maximum Gasteiger partial charge on any atom is 0.325 e. The maximum absolute atomic E-state index is 12.6. The lowest BCUT2D eigenvalue weighted by Crippen LogP contribution is -2.40. The van der Waals surface area contributed by atoms with Crippen LogP contribution in [-0.2, 0) is 16.9 Å². The zero-order valence-electron chi connectivity index (χ0n) is 11.9. The quantitative estimate of drug-likeness (QED) is 0.881. The summed E-state index contributed by atoms with van der Waals surface area (Å²) in [6.45, 7) is 3.87. The van der Waals surface area contributed by atoms with Gasteiger partial charge in [-0.2, -0.15) is 0 Å². The third kappa shape index (κ3) is 2.11. The van der Waals surface area contributed by atoms with Crippen molar-refractivity contribution in [3.05, 3.63) is 59.5 Å². The van der Waals surface area contributed by atoms with Gasteiger partial charge in [0.05, 0.1) is 12.8 Å². The van der Waals surface area contributed by atoms with E-state index in [0.717, 1.165) is 11.1 Å². The Hall–Kier alpha value is -2.56. The van der Waals surface area contributed by atoms with Gasteiger partial charge in [-0.25, -0.2) is 4.79 Å². The maximum atomic E-state index is 12.6. The van der Waals surface area contributed by atoms with Gasteiger partial charge in [0.15, 0.2) is 5.54 Å². The van der Waals surface area contributed by atoms with Crippen LogP contribution in [0.3, 0.4) is 0 Å². The minimum Gasteiger partial charge on any atom is -0.466 e. The fourth-order valence-electron chi connectivity index (χ4n) is 2.53. The monoisotopic (exact) mass is 284 g/mol. The topological polar surface area (TPSA) is 62.6 Å². The number of nitrogens with zero attached hydrogens (tertiary/aromatic N) is 1. The van der Waals surface area contributed by atoms with Crippen molar-refractivity contribution in [1.82, 2.24) is 10.2 Å². The molecule has 1 aliphatic rings. The minimum absolute atomic E-state index is 0.258. The molecular weight excluding hydrogens is 268 g/mol. The molecule has 1 unspecified atom stereocenters. The van der Waals surface area contributed by atoms with E-state index in [4.69, 9.17) is 4.42 Å². The lowest BCUT2D eigenvalue weighted by atomic mass is 9.99. The summed E-state index contributed by atoms with van der Waals surface area (Å²) in [7, 11) is 0. The minimum atomic E-state index is -1.14. The van der Waals surface area contributed by atoms with Gasteiger partial charge in [-0.3, -0.25) is 9.69 Å². The highest BCUT2D eigenvalue weighted by molar-refractivity contribution is 6.06. The fourth-order valence-corrected chi connectivity index (χ4v) is 2.53. The van der Waals surface area contributed by atoms with Gasteiger partial charge >= 0.3 is 6.03 Å². The SMILES string of the molecule is Cc1ccccc1CN1C(=O)NC(C)(c2ccco2)C1=O. The highest BCUT2D eigenvalue weighted by atomic mass is 16.3. The second-order valence-corrected chi connectivity index (χ2v) is 5.35. The highest BCUT2D eigenvalue weighted by Crippen LogP contribution is 2.30. The normalized spacial score (nSPS) is 21.7. The van der Waals surface area contributed by atoms with Gasteiger partial charge in [0, 0.05) is 0 Å². The summed E-state index contributed by atoms with van der Waals surface area (Å²) in [6, 6.07) is 10.7. The Morgan fingerprint density at radius 1 is 1.19 bits per heavy atom. The van der Waals surface area contributed by atoms with Gasteiger partial charge in [0.2, 0.25) is 0 Å². The number of benzene rings is 1. The molecule has 3 amide bonds. The van der Waals surface area contributed by atoms with Gasteiger partial charge in [0.25, 0.3) is 5.91 Å². The number of imide groups is 1. The summed E-state index contributed by atoms with van der Waals surface area (Å²) < 4.78 is 5.30. The van der Waals surface area contributed by atoms with Crippen LogP contribution in [0.4, 0.5) is 4.79 Å². The van der Waals surface area contributed by atoms with E-state index >= 15 is 0 Å². The molecule has 0 saturated carbocycles. The number of carbonyl (C=O) groups excluding carboxylic acids is 2. The van der Waals surface area contributed by atoms with E-state index in [1.54, 1.807) is 19.1 Å². The van der Waals surface area contributed by atoms with Crippen molar-refractivity contribution in [3.63, 3.8) is 0 Å². The van der Waals surface area contributed by atoms with Crippen molar-refractivity contribution in [2.75, 3.05) is 0 Å². The number of amides is 3. The smallest absolute Gasteiger partial charge is 0.325 e. The van der Waals surface area contributed by atoms with E-state index in [2.05, 4.69) is 5.32 Å². The molecule has 1 saturated heterocycles. The molecule has 1 N–H and O–H groups in total. The van der Waals surface area contributed by atoms with E-state index in [0.29, 0.717) is 5.76 Å². The van der Waals surface area contributed by atoms with Crippen molar-refractivity contribution in [3.8, 4) is 0 Å². The molecular formula is C16H16N2O3. The second-order valence-electron chi connectivity index (χ2n) is 5.35. The summed E-state index contributed by atoms with van der Waals surface area (Å²) >= 11 is 0. The summed E-state index contributed by atoms with van der Waals surface area (Å²) in [6.07, 6.45) is 1.49. The summed E-state index contributed by atoms with van der Waals surface area (Å²) in [5.41, 5.74) is 0.859. The number of aryl methyl sites for hydroxylation is 1. The van der Waals surface area contributed by atoms with Crippen LogP contribution in [0.2, 0.25) is 0 Å². The van der Waals surface area contributed by atoms with E-state index in [-0.39, 0.29) is 12.5 Å². The third-order valence-corrected chi connectivity index (χ3v) is 3.88. The van der Waals surface area contributed by atoms with E-state index < -0.39 is 11.6 Å². The molecule has 5 nitrogen and oxygen atoms in total. The van der Waals surface area contributed by atoms with Gasteiger partial charge in [-0.15, -0.1) is 0 Å². The van der Waals surface area contributed by atoms with Gasteiger partial charge in [0.1, 0.15) is 5.76 Å². The van der Waals surface area contributed by atoms with Crippen molar-refractivity contribution < 1.29 is 14.0 Å². The van der Waals surface area contributed by atoms with Gasteiger partial charge in [-0.1, -0.05) is 24.3 Å². The van der Waals surface area contributed by atoms with E-state index in [1.807, 2.05) is 31.2 Å². The number of carbonyl (C=O) groups is 2. The number of urea groups is 1. The molecule has 1 atom stereocenters. The molecule has 21 heavy (non-hydrogen) atoms. The number of hydrogen-bond donors (Lipinski definition) is 1. The van der Waals surface area contributed by atoms with Gasteiger partial charge in [-0.05, 0) is 37.1 Å². The average molecular weight is 284 g/mol. The van der Waals surface area contributed by atoms with Crippen LogP contribution in [0, 0.1) is 6.92 Å². The largest absolute Gasteiger partial charge is 0.466 e. The number of hydrogen-bond acceptors (Lipinski definition) is 3. The third-order valence-electron chi connectivity index (χ3n) is 3.88. The first-order valence-electron chi connectivity index (χ1n) is 6.75. The summed E-state index contributed by atoms with van der Waals surface area (Å²) in [5, 5.41) is 2.72. The van der Waals surface area contributed by atoms with E-state index in [1.165, 1.54) is 11.2 Å². The number of rotatable bonds is 3. The molecule has 1 aromatic heterocycles. The Morgan fingerprint density at radius 2 is 1.95 bits per heavy atom. The number of furan rings is 1. The van der Waals surface area contributed by atoms with Crippen LogP contribution < -0.4 is 5.32 Å². The van der Waals surface area contributed by atoms with Crippen LogP contribution in [-0.4, -0.2) is 16.8 Å². The highest BCUT2D eigenvalue weighted by Gasteiger charge is 2.50. The first-order valence-corrected chi connectivity index (χ1v) is 6.75. The van der Waals surface area contributed by atoms with E-state index in [9.17, 15) is 9.59 Å². The van der Waals surface area contributed by atoms with Crippen molar-refractivity contribution >= 4 is 11.9 Å². The lowest BCUT2D eigenvalue weighted by Gasteiger charge is -2.19. The molecule has 0 spiro atoms. The molecule has 108 valence electrons. The van der Waals surface area contributed by atoms with Crippen LogP contribution in [0.25, 0.3) is 0 Å². The molecule has 1 aliphatic heterocycles. The standard InChI is InChI=1S/C16H16N2O3/c1-11-6-3-4-7-12(11)10-18-14(19)16(2,17-15(18)20)13-8-5-9-21-13/h3-9H,10H2,1-2H3,(H,17,20).